The Labute approximate surface area is 752 Å². The number of fused-ring (bicyclic) bond motifs is 14. The Hall–Kier alpha value is 0. The molecule has 12 bridgehead atoms. The smallest absolute Gasteiger partial charge is 0.0297 e. The van der Waals surface area contributed by atoms with Crippen LogP contribution >= 0.6 is 0 Å². The average Bonchev–Trinajstić information content (AvgIpc) is 1.72. The molecule has 6 spiro atoms. The largest absolute Gasteiger partial charge is 0.0533 e. The van der Waals surface area contributed by atoms with Crippen molar-refractivity contribution in [2.45, 2.75) is 642 Å². The maximum Gasteiger partial charge on any atom is -0.0297 e. The Morgan fingerprint density at radius 1 is 0.0833 bits per heavy atom. The lowest BCUT2D eigenvalue weighted by atomic mass is 9.61. The van der Waals surface area contributed by atoms with Gasteiger partial charge in [-0.15, -0.1) is 0 Å². The third-order valence-electron chi connectivity index (χ3n) is 42.2. The molecule has 0 radical (unpaired) electrons. The molecule has 0 amide bonds. The Balaban J connectivity index is 0.000000105. The van der Waals surface area contributed by atoms with Gasteiger partial charge in [0.05, 0.1) is 0 Å². The fourth-order valence-corrected chi connectivity index (χ4v) is 32.2. The molecular weight excluding hydrogens is 1440 g/mol. The van der Waals surface area contributed by atoms with Crippen molar-refractivity contribution in [1.29, 1.82) is 0 Å². The minimum absolute atomic E-state index is 0.873. The third kappa shape index (κ3) is 33.4. The summed E-state index contributed by atoms with van der Waals surface area (Å²) in [6.45, 7) is 0. The highest BCUT2D eigenvalue weighted by molar-refractivity contribution is 4.98. The van der Waals surface area contributed by atoms with Crippen molar-refractivity contribution in [1.82, 2.24) is 0 Å². The van der Waals surface area contributed by atoms with Crippen LogP contribution in [-0.2, 0) is 0 Å². The molecule has 2 unspecified atom stereocenters. The van der Waals surface area contributed by atoms with Crippen molar-refractivity contribution in [3.63, 3.8) is 0 Å². The van der Waals surface area contributed by atoms with E-state index >= 15 is 0 Å². The number of rotatable bonds is 0. The van der Waals surface area contributed by atoms with Gasteiger partial charge in [-0.3, -0.25) is 0 Å². The van der Waals surface area contributed by atoms with Gasteiger partial charge >= 0.3 is 0 Å². The van der Waals surface area contributed by atoms with Crippen LogP contribution in [-0.4, -0.2) is 0 Å². The summed E-state index contributed by atoms with van der Waals surface area (Å²) in [5.41, 5.74) is 5.45. The van der Waals surface area contributed by atoms with Gasteiger partial charge in [0.1, 0.15) is 0 Å². The molecular formula is C120H214. The lowest BCUT2D eigenvalue weighted by molar-refractivity contribution is 0.0775. The highest BCUT2D eigenvalue weighted by Crippen LogP contribution is 2.60. The van der Waals surface area contributed by atoms with E-state index in [-0.39, 0.29) is 0 Å². The molecule has 0 heterocycles. The standard InChI is InChI=1S/2C10H18.2C9H16.5C8H14.3C7H12.C6H10.C6H12.C5H10.C4H8/c1-2-6-10-8-4-3-7-9(10)5-1;1-2-6-10(7-3-1)8-4-5-9-10;1-2-6-9(5-1)7-3-4-8-9;1-2-5-9(6-3-1)7-4-8-9;1-2-8-5-3-7(1)4-6-8;1-2-5-8(4-1)6-3-7-8;1-2-7-4-5-8(3-1)6-7;1-2-4-8-5-7(3-1)6-8;1-2-4-8(5-3-1)6-7-8;1-2-7-4-3-6(1)5-7;1-2-6-4-7(3-1)5-6;1-2-4-7(3-1)5-6-7;1-2-6-3-5(1)4-6;1-2-4-6-5-3-1;1-2-4-5-3-1;1-2-4-3-1/h9-10H,1-8H2;1-9H2;2*1-8H2;7-8H,1-6H2;1-7H2;2*7-8H,1-6H2;1-7H2;2*6-7H,1-5H2;1-6H2;5-6H,1-4H2;1-6H2;1-5H2;1-4H2. The summed E-state index contributed by atoms with van der Waals surface area (Å²) in [7, 11) is 0. The van der Waals surface area contributed by atoms with Crippen molar-refractivity contribution < 1.29 is 0 Å². The maximum absolute atomic E-state index is 1.58. The van der Waals surface area contributed by atoms with Crippen LogP contribution < -0.4 is 0 Å². The highest BCUT2D eigenvalue weighted by Gasteiger charge is 2.46. The number of hydrogen-bond donors (Lipinski definition) is 0. The normalized spacial score (nSPS) is 37.4. The van der Waals surface area contributed by atoms with Crippen molar-refractivity contribution >= 4 is 0 Å². The van der Waals surface area contributed by atoms with Crippen LogP contribution in [0.3, 0.4) is 0 Å². The first-order valence-corrected chi connectivity index (χ1v) is 59.1. The average molecular weight is 1660 g/mol. The summed E-state index contributed by atoms with van der Waals surface area (Å²) >= 11 is 0. The lowest BCUT2D eigenvalue weighted by Gasteiger charge is -2.45. The molecule has 0 saturated heterocycles. The monoisotopic (exact) mass is 1660 g/mol. The summed E-state index contributed by atoms with van der Waals surface area (Å²) in [6.07, 6.45) is 154. The first-order chi connectivity index (χ1) is 59.1. The zero-order chi connectivity index (χ0) is 81.8. The van der Waals surface area contributed by atoms with Gasteiger partial charge in [0, 0.05) is 0 Å². The fourth-order valence-electron chi connectivity index (χ4n) is 32.2. The molecule has 2 atom stereocenters. The van der Waals surface area contributed by atoms with E-state index in [1.54, 1.807) is 360 Å². The van der Waals surface area contributed by atoms with Crippen molar-refractivity contribution in [2.24, 2.45) is 115 Å². The second kappa shape index (κ2) is 52.3. The van der Waals surface area contributed by atoms with E-state index in [9.17, 15) is 0 Å². The van der Waals surface area contributed by atoms with E-state index in [1.165, 1.54) is 330 Å². The lowest BCUT2D eigenvalue weighted by Crippen LogP contribution is -2.31. The van der Waals surface area contributed by atoms with Crippen LogP contribution in [0.15, 0.2) is 0 Å². The Bertz CT molecular complexity index is 2360. The highest BCUT2D eigenvalue weighted by atomic mass is 14.5. The van der Waals surface area contributed by atoms with Gasteiger partial charge in [-0.1, -0.05) is 437 Å². The quantitative estimate of drug-likeness (QED) is 0.227. The van der Waals surface area contributed by atoms with Crippen LogP contribution in [0.1, 0.15) is 642 Å². The van der Waals surface area contributed by atoms with E-state index in [0.717, 1.165) is 68.0 Å². The molecule has 33 aliphatic carbocycles. The first kappa shape index (κ1) is 96.1. The summed E-state index contributed by atoms with van der Waals surface area (Å²) in [5, 5.41) is 0. The molecule has 33 rings (SSSR count). The maximum atomic E-state index is 1.58. The van der Waals surface area contributed by atoms with Crippen molar-refractivity contribution in [3.8, 4) is 0 Å². The van der Waals surface area contributed by atoms with Gasteiger partial charge in [0.15, 0.2) is 0 Å². The van der Waals surface area contributed by atoms with Crippen molar-refractivity contribution in [2.75, 3.05) is 0 Å². The second-order valence-electron chi connectivity index (χ2n) is 51.3. The van der Waals surface area contributed by atoms with Crippen LogP contribution in [0.5, 0.6) is 0 Å². The van der Waals surface area contributed by atoms with Gasteiger partial charge in [-0.2, -0.15) is 0 Å². The van der Waals surface area contributed by atoms with Gasteiger partial charge < -0.3 is 0 Å². The summed E-state index contributed by atoms with van der Waals surface area (Å²) in [4.78, 5) is 0. The number of hydrogen-bond acceptors (Lipinski definition) is 0. The van der Waals surface area contributed by atoms with E-state index in [0.29, 0.717) is 0 Å². The molecule has 0 heteroatoms. The van der Waals surface area contributed by atoms with Crippen LogP contribution in [0.2, 0.25) is 0 Å². The van der Waals surface area contributed by atoms with E-state index in [4.69, 9.17) is 0 Å². The Morgan fingerprint density at radius 2 is 0.217 bits per heavy atom. The van der Waals surface area contributed by atoms with E-state index in [2.05, 4.69) is 0 Å². The summed E-state index contributed by atoms with van der Waals surface area (Å²) < 4.78 is 0. The minimum Gasteiger partial charge on any atom is -0.0533 e. The van der Waals surface area contributed by atoms with Crippen molar-refractivity contribution in [3.05, 3.63) is 0 Å². The zero-order valence-corrected chi connectivity index (χ0v) is 81.8. The van der Waals surface area contributed by atoms with Gasteiger partial charge in [-0.25, -0.2) is 0 Å². The van der Waals surface area contributed by atoms with E-state index < -0.39 is 0 Å². The molecule has 0 aliphatic heterocycles. The molecule has 0 aromatic rings. The first-order valence-electron chi connectivity index (χ1n) is 59.1. The molecule has 33 fully saturated rings. The van der Waals surface area contributed by atoms with Crippen LogP contribution in [0, 0.1) is 115 Å². The summed E-state index contributed by atoms with van der Waals surface area (Å²) in [5.74, 6) is 16.4. The van der Waals surface area contributed by atoms with Crippen LogP contribution in [0.4, 0.5) is 0 Å². The fraction of sp³-hybridized carbons (Fsp3) is 1.00. The molecule has 0 aromatic heterocycles. The molecule has 0 nitrogen and oxygen atoms in total. The topological polar surface area (TPSA) is 0 Å². The molecule has 0 N–H and O–H groups in total. The van der Waals surface area contributed by atoms with Gasteiger partial charge in [0.25, 0.3) is 0 Å². The van der Waals surface area contributed by atoms with E-state index in [1.807, 2.05) is 0 Å². The molecule has 33 aliphatic rings. The SMILES string of the molecule is C1CC2CC(C1)C2.C1CC2CC1C2.C1CC2CCC(C1)C2.C1CC2CCC1C2.C1CC2CCC1CC2.C1CCC1.C1CCC2(C1)CC2.C1CCC2(C1)CCC2.C1CCC2(C1)CCCC2.C1CCC2(CC1)CC2.C1CCC2(CC1)CCC2.C1CCC2(CC1)CCCC2.C1CCC2CC(C1)C2.C1CCC2CCCCC2C1.C1CCCC1.C1CCCCC1. The Kier molecular flexibility index (Phi) is 41.9. The van der Waals surface area contributed by atoms with Gasteiger partial charge in [0.2, 0.25) is 0 Å². The summed E-state index contributed by atoms with van der Waals surface area (Å²) in [6, 6.07) is 0. The second-order valence-corrected chi connectivity index (χ2v) is 51.3. The molecule has 33 saturated carbocycles. The Morgan fingerprint density at radius 3 is 0.375 bits per heavy atom. The minimum atomic E-state index is 0.873. The third-order valence-corrected chi connectivity index (χ3v) is 42.2. The van der Waals surface area contributed by atoms with Crippen LogP contribution in [0.25, 0.3) is 0 Å². The predicted octanol–water partition coefficient (Wildman–Crippen LogP) is 40.7. The van der Waals surface area contributed by atoms with Gasteiger partial charge in [-0.05, 0) is 321 Å². The molecule has 120 heavy (non-hydrogen) atoms. The molecule has 694 valence electrons. The predicted molar refractivity (Wildman–Crippen MR) is 525 cm³/mol. The zero-order valence-electron chi connectivity index (χ0n) is 81.8. The molecule has 0 aromatic carbocycles.